The van der Waals surface area contributed by atoms with Gasteiger partial charge in [-0.3, -0.25) is 4.57 Å². The Morgan fingerprint density at radius 2 is 2.05 bits per heavy atom. The van der Waals surface area contributed by atoms with Crippen molar-refractivity contribution in [1.82, 2.24) is 14.9 Å². The van der Waals surface area contributed by atoms with Crippen molar-refractivity contribution in [3.8, 4) is 5.75 Å². The van der Waals surface area contributed by atoms with Crippen LogP contribution in [-0.4, -0.2) is 16.1 Å². The average Bonchev–Trinajstić information content (AvgIpc) is 2.95. The van der Waals surface area contributed by atoms with Crippen molar-refractivity contribution in [2.24, 2.45) is 0 Å². The molecule has 0 saturated heterocycles. The standard InChI is InChI=1S/C15H19F2N3O/c1-2-7-18-10-12-3-5-13(6-4-12)21-11-14-19-8-9-20(14)15(16)17/h3-6,8-9,15,18H,2,7,10-11H2,1H3. The van der Waals surface area contributed by atoms with Crippen molar-refractivity contribution in [3.05, 3.63) is 48.0 Å². The Kier molecular flexibility index (Phi) is 5.68. The zero-order valence-electron chi connectivity index (χ0n) is 11.9. The second kappa shape index (κ2) is 7.73. The van der Waals surface area contributed by atoms with Crippen LogP contribution in [0, 0.1) is 0 Å². The molecule has 114 valence electrons. The number of alkyl halides is 2. The van der Waals surface area contributed by atoms with Crippen molar-refractivity contribution in [1.29, 1.82) is 0 Å². The van der Waals surface area contributed by atoms with Gasteiger partial charge in [0.05, 0.1) is 0 Å². The molecule has 0 bridgehead atoms. The molecule has 1 aromatic heterocycles. The molecule has 2 rings (SSSR count). The highest BCUT2D eigenvalue weighted by Gasteiger charge is 2.11. The SMILES string of the molecule is CCCNCc1ccc(OCc2nccn2C(F)F)cc1. The minimum atomic E-state index is -2.60. The van der Waals surface area contributed by atoms with Gasteiger partial charge in [-0.2, -0.15) is 8.78 Å². The van der Waals surface area contributed by atoms with E-state index < -0.39 is 6.55 Å². The topological polar surface area (TPSA) is 39.1 Å². The van der Waals surface area contributed by atoms with E-state index in [2.05, 4.69) is 17.2 Å². The summed E-state index contributed by atoms with van der Waals surface area (Å²) >= 11 is 0. The first kappa shape index (κ1) is 15.4. The van der Waals surface area contributed by atoms with Gasteiger partial charge >= 0.3 is 6.55 Å². The molecule has 0 fully saturated rings. The van der Waals surface area contributed by atoms with Crippen LogP contribution in [0.5, 0.6) is 5.75 Å². The van der Waals surface area contributed by atoms with Gasteiger partial charge < -0.3 is 10.1 Å². The van der Waals surface area contributed by atoms with Gasteiger partial charge in [0.15, 0.2) is 5.82 Å². The van der Waals surface area contributed by atoms with Crippen LogP contribution in [0.15, 0.2) is 36.7 Å². The van der Waals surface area contributed by atoms with Crippen LogP contribution in [0.1, 0.15) is 31.3 Å². The molecule has 0 radical (unpaired) electrons. The van der Waals surface area contributed by atoms with E-state index in [0.717, 1.165) is 29.6 Å². The quantitative estimate of drug-likeness (QED) is 0.759. The summed E-state index contributed by atoms with van der Waals surface area (Å²) in [7, 11) is 0. The highest BCUT2D eigenvalue weighted by Crippen LogP contribution is 2.16. The number of rotatable bonds is 8. The fourth-order valence-electron chi connectivity index (χ4n) is 1.89. The summed E-state index contributed by atoms with van der Waals surface area (Å²) in [4.78, 5) is 3.87. The fraction of sp³-hybridized carbons (Fsp3) is 0.400. The molecule has 4 nitrogen and oxygen atoms in total. The van der Waals surface area contributed by atoms with Crippen LogP contribution in [0.25, 0.3) is 0 Å². The molecule has 1 aromatic carbocycles. The number of aromatic nitrogens is 2. The maximum atomic E-state index is 12.6. The van der Waals surface area contributed by atoms with Crippen molar-refractivity contribution in [2.75, 3.05) is 6.54 Å². The van der Waals surface area contributed by atoms with E-state index in [1.54, 1.807) is 0 Å². The number of nitrogens with zero attached hydrogens (tertiary/aromatic N) is 2. The molecular formula is C15H19F2N3O. The van der Waals surface area contributed by atoms with Crippen molar-refractivity contribution >= 4 is 0 Å². The van der Waals surface area contributed by atoms with E-state index in [-0.39, 0.29) is 12.4 Å². The lowest BCUT2D eigenvalue weighted by Crippen LogP contribution is -2.13. The number of ether oxygens (including phenoxy) is 1. The Bertz CT molecular complexity index is 540. The van der Waals surface area contributed by atoms with E-state index in [4.69, 9.17) is 4.74 Å². The van der Waals surface area contributed by atoms with Crippen LogP contribution in [0.3, 0.4) is 0 Å². The average molecular weight is 295 g/mol. The molecule has 0 unspecified atom stereocenters. The first-order valence-corrected chi connectivity index (χ1v) is 6.93. The Morgan fingerprint density at radius 3 is 2.71 bits per heavy atom. The highest BCUT2D eigenvalue weighted by atomic mass is 19.3. The van der Waals surface area contributed by atoms with Crippen molar-refractivity contribution in [3.63, 3.8) is 0 Å². The number of hydrogen-bond acceptors (Lipinski definition) is 3. The molecule has 0 spiro atoms. The Labute approximate surface area is 122 Å². The normalized spacial score (nSPS) is 11.0. The van der Waals surface area contributed by atoms with Gasteiger partial charge in [0.25, 0.3) is 0 Å². The molecule has 0 atom stereocenters. The lowest BCUT2D eigenvalue weighted by Gasteiger charge is -2.09. The van der Waals surface area contributed by atoms with Crippen molar-refractivity contribution in [2.45, 2.75) is 33.0 Å². The maximum absolute atomic E-state index is 12.6. The molecule has 0 aliphatic heterocycles. The second-order valence-corrected chi connectivity index (χ2v) is 4.64. The summed E-state index contributed by atoms with van der Waals surface area (Å²) in [6.07, 6.45) is 3.68. The molecule has 6 heteroatoms. The zero-order valence-corrected chi connectivity index (χ0v) is 11.9. The predicted octanol–water partition coefficient (Wildman–Crippen LogP) is 3.36. The minimum Gasteiger partial charge on any atom is -0.486 e. The highest BCUT2D eigenvalue weighted by molar-refractivity contribution is 5.27. The summed E-state index contributed by atoms with van der Waals surface area (Å²) < 4.78 is 31.6. The van der Waals surface area contributed by atoms with Crippen LogP contribution in [-0.2, 0) is 13.2 Å². The van der Waals surface area contributed by atoms with Gasteiger partial charge in [0.1, 0.15) is 12.4 Å². The lowest BCUT2D eigenvalue weighted by molar-refractivity contribution is 0.0632. The summed E-state index contributed by atoms with van der Waals surface area (Å²) in [5, 5.41) is 3.31. The summed E-state index contributed by atoms with van der Waals surface area (Å²) in [6.45, 7) is 1.33. The first-order chi connectivity index (χ1) is 10.2. The second-order valence-electron chi connectivity index (χ2n) is 4.64. The van der Waals surface area contributed by atoms with Crippen LogP contribution < -0.4 is 10.1 Å². The number of hydrogen-bond donors (Lipinski definition) is 1. The van der Waals surface area contributed by atoms with E-state index in [9.17, 15) is 8.78 Å². The molecule has 1 N–H and O–H groups in total. The van der Waals surface area contributed by atoms with E-state index in [1.165, 1.54) is 12.4 Å². The third-order valence-electron chi connectivity index (χ3n) is 3.01. The molecule has 21 heavy (non-hydrogen) atoms. The molecule has 2 aromatic rings. The molecule has 0 aliphatic carbocycles. The maximum Gasteiger partial charge on any atom is 0.320 e. The number of imidazole rings is 1. The molecule has 0 amide bonds. The molecule has 1 heterocycles. The zero-order chi connectivity index (χ0) is 15.1. The molecular weight excluding hydrogens is 276 g/mol. The van der Waals surface area contributed by atoms with Crippen LogP contribution in [0.2, 0.25) is 0 Å². The van der Waals surface area contributed by atoms with E-state index >= 15 is 0 Å². The third kappa shape index (κ3) is 4.53. The fourth-order valence-corrected chi connectivity index (χ4v) is 1.89. The van der Waals surface area contributed by atoms with Gasteiger partial charge in [0.2, 0.25) is 0 Å². The predicted molar refractivity (Wildman–Crippen MR) is 76.3 cm³/mol. The van der Waals surface area contributed by atoms with E-state index in [0.29, 0.717) is 5.75 Å². The third-order valence-corrected chi connectivity index (χ3v) is 3.01. The Balaban J connectivity index is 1.87. The van der Waals surface area contributed by atoms with Crippen molar-refractivity contribution < 1.29 is 13.5 Å². The van der Waals surface area contributed by atoms with Gasteiger partial charge in [0, 0.05) is 18.9 Å². The Morgan fingerprint density at radius 1 is 1.29 bits per heavy atom. The number of nitrogens with one attached hydrogen (secondary N) is 1. The minimum absolute atomic E-state index is 0.0186. The van der Waals surface area contributed by atoms with Gasteiger partial charge in [-0.25, -0.2) is 4.98 Å². The van der Waals surface area contributed by atoms with Gasteiger partial charge in [-0.15, -0.1) is 0 Å². The summed E-state index contributed by atoms with van der Waals surface area (Å²) in [6, 6.07) is 7.58. The number of benzene rings is 1. The smallest absolute Gasteiger partial charge is 0.320 e. The molecule has 0 aliphatic rings. The molecule has 0 saturated carbocycles. The summed E-state index contributed by atoms with van der Waals surface area (Å²) in [5.74, 6) is 0.844. The Hall–Kier alpha value is -1.95. The largest absolute Gasteiger partial charge is 0.486 e. The number of halogens is 2. The van der Waals surface area contributed by atoms with Gasteiger partial charge in [-0.1, -0.05) is 19.1 Å². The first-order valence-electron chi connectivity index (χ1n) is 6.93. The summed E-state index contributed by atoms with van der Waals surface area (Å²) in [5.41, 5.74) is 1.16. The van der Waals surface area contributed by atoms with E-state index in [1.807, 2.05) is 24.3 Å². The monoisotopic (exact) mass is 295 g/mol. The lowest BCUT2D eigenvalue weighted by atomic mass is 10.2. The van der Waals surface area contributed by atoms with Gasteiger partial charge in [-0.05, 0) is 30.7 Å². The van der Waals surface area contributed by atoms with Crippen LogP contribution in [0.4, 0.5) is 8.78 Å². The van der Waals surface area contributed by atoms with Crippen LogP contribution >= 0.6 is 0 Å².